The molecule has 6 heteroatoms. The first-order valence-corrected chi connectivity index (χ1v) is 10.3. The minimum absolute atomic E-state index is 0.00395. The molecule has 0 N–H and O–H groups in total. The number of piperidine rings is 1. The van der Waals surface area contributed by atoms with E-state index in [0.717, 1.165) is 24.8 Å². The van der Waals surface area contributed by atoms with E-state index in [4.69, 9.17) is 4.74 Å². The molecule has 2 aromatic rings. The van der Waals surface area contributed by atoms with E-state index < -0.39 is 16.0 Å². The summed E-state index contributed by atoms with van der Waals surface area (Å²) in [5.74, 6) is -0.468. The van der Waals surface area contributed by atoms with Gasteiger partial charge in [-0.25, -0.2) is 13.2 Å². The summed E-state index contributed by atoms with van der Waals surface area (Å²) in [4.78, 5) is 12.4. The fraction of sp³-hybridized carbons (Fsp3) is 0.350. The van der Waals surface area contributed by atoms with Gasteiger partial charge in [0, 0.05) is 12.6 Å². The van der Waals surface area contributed by atoms with Gasteiger partial charge in [0.15, 0.2) is 0 Å². The molecule has 0 saturated carbocycles. The summed E-state index contributed by atoms with van der Waals surface area (Å²) in [6.07, 6.45) is 2.82. The highest BCUT2D eigenvalue weighted by atomic mass is 32.2. The number of hydrogen-bond acceptors (Lipinski definition) is 4. The van der Waals surface area contributed by atoms with Crippen LogP contribution in [-0.4, -0.2) is 31.3 Å². The molecule has 2 aromatic carbocycles. The van der Waals surface area contributed by atoms with Gasteiger partial charge < -0.3 is 4.74 Å². The molecule has 1 atom stereocenters. The van der Waals surface area contributed by atoms with E-state index in [1.54, 1.807) is 4.31 Å². The van der Waals surface area contributed by atoms with E-state index in [-0.39, 0.29) is 17.5 Å². The van der Waals surface area contributed by atoms with Crippen LogP contribution in [0.3, 0.4) is 0 Å². The van der Waals surface area contributed by atoms with Crippen molar-refractivity contribution in [2.45, 2.75) is 43.7 Å². The van der Waals surface area contributed by atoms with Gasteiger partial charge in [-0.15, -0.1) is 0 Å². The van der Waals surface area contributed by atoms with Crippen LogP contribution in [0.15, 0.2) is 59.5 Å². The van der Waals surface area contributed by atoms with Crippen LogP contribution in [0.4, 0.5) is 0 Å². The van der Waals surface area contributed by atoms with E-state index in [1.165, 1.54) is 24.3 Å². The number of nitrogens with zero attached hydrogens (tertiary/aromatic N) is 1. The van der Waals surface area contributed by atoms with Gasteiger partial charge in [0.1, 0.15) is 6.61 Å². The van der Waals surface area contributed by atoms with Gasteiger partial charge in [-0.1, -0.05) is 36.8 Å². The van der Waals surface area contributed by atoms with Gasteiger partial charge in [0.25, 0.3) is 0 Å². The van der Waals surface area contributed by atoms with Crippen LogP contribution in [0.1, 0.15) is 42.1 Å². The normalized spacial score (nSPS) is 18.4. The molecular weight excluding hydrogens is 350 g/mol. The third kappa shape index (κ3) is 4.14. The van der Waals surface area contributed by atoms with Gasteiger partial charge >= 0.3 is 5.97 Å². The number of hydrogen-bond donors (Lipinski definition) is 0. The molecule has 0 radical (unpaired) electrons. The lowest BCUT2D eigenvalue weighted by atomic mass is 10.1. The van der Waals surface area contributed by atoms with Crippen molar-refractivity contribution in [3.63, 3.8) is 0 Å². The summed E-state index contributed by atoms with van der Waals surface area (Å²) >= 11 is 0. The Hall–Kier alpha value is -2.18. The van der Waals surface area contributed by atoms with Crippen molar-refractivity contribution in [1.82, 2.24) is 4.31 Å². The second-order valence-corrected chi connectivity index (χ2v) is 8.44. The maximum absolute atomic E-state index is 12.8. The summed E-state index contributed by atoms with van der Waals surface area (Å²) in [7, 11) is -3.53. The second kappa shape index (κ2) is 8.01. The van der Waals surface area contributed by atoms with Crippen LogP contribution in [-0.2, 0) is 21.4 Å². The Morgan fingerprint density at radius 3 is 2.42 bits per heavy atom. The third-order valence-corrected chi connectivity index (χ3v) is 6.68. The average Bonchev–Trinajstić information content (AvgIpc) is 2.67. The van der Waals surface area contributed by atoms with E-state index in [0.29, 0.717) is 12.1 Å². The van der Waals surface area contributed by atoms with Crippen molar-refractivity contribution in [2.75, 3.05) is 6.54 Å². The van der Waals surface area contributed by atoms with Crippen molar-refractivity contribution in [3.05, 3.63) is 65.7 Å². The largest absolute Gasteiger partial charge is 0.457 e. The van der Waals surface area contributed by atoms with Crippen LogP contribution >= 0.6 is 0 Å². The number of carbonyl (C=O) groups excluding carboxylic acids is 1. The van der Waals surface area contributed by atoms with Crippen molar-refractivity contribution in [3.8, 4) is 0 Å². The number of sulfonamides is 1. The molecule has 1 saturated heterocycles. The Bertz CT molecular complexity index is 847. The molecule has 0 amide bonds. The Labute approximate surface area is 154 Å². The summed E-state index contributed by atoms with van der Waals surface area (Å²) in [6, 6.07) is 15.4. The predicted octanol–water partition coefficient (Wildman–Crippen LogP) is 3.61. The highest BCUT2D eigenvalue weighted by molar-refractivity contribution is 7.89. The zero-order valence-electron chi connectivity index (χ0n) is 14.8. The van der Waals surface area contributed by atoms with Crippen LogP contribution in [0, 0.1) is 0 Å². The molecule has 1 heterocycles. The van der Waals surface area contributed by atoms with Gasteiger partial charge in [0.2, 0.25) is 10.0 Å². The number of ether oxygens (including phenoxy) is 1. The van der Waals surface area contributed by atoms with Gasteiger partial charge in [0.05, 0.1) is 10.5 Å². The summed E-state index contributed by atoms with van der Waals surface area (Å²) in [6.45, 7) is 2.67. The Morgan fingerprint density at radius 2 is 1.77 bits per heavy atom. The zero-order chi connectivity index (χ0) is 18.6. The molecule has 1 aliphatic rings. The SMILES string of the molecule is C[C@H]1CCCCN1S(=O)(=O)c1ccc(C(=O)OCc2ccccc2)cc1. The van der Waals surface area contributed by atoms with E-state index >= 15 is 0 Å². The third-order valence-electron chi connectivity index (χ3n) is 4.65. The monoisotopic (exact) mass is 373 g/mol. The lowest BCUT2D eigenvalue weighted by molar-refractivity contribution is 0.0472. The first-order valence-electron chi connectivity index (χ1n) is 8.81. The van der Waals surface area contributed by atoms with Crippen molar-refractivity contribution in [1.29, 1.82) is 0 Å². The highest BCUT2D eigenvalue weighted by Crippen LogP contribution is 2.25. The fourth-order valence-electron chi connectivity index (χ4n) is 3.13. The highest BCUT2D eigenvalue weighted by Gasteiger charge is 2.30. The fourth-order valence-corrected chi connectivity index (χ4v) is 4.83. The quantitative estimate of drug-likeness (QED) is 0.751. The smallest absolute Gasteiger partial charge is 0.338 e. The molecule has 1 aliphatic heterocycles. The number of benzene rings is 2. The summed E-state index contributed by atoms with van der Waals surface area (Å²) < 4.78 is 32.4. The Kier molecular flexibility index (Phi) is 5.74. The van der Waals surface area contributed by atoms with Crippen LogP contribution in [0.25, 0.3) is 0 Å². The maximum atomic E-state index is 12.8. The molecule has 5 nitrogen and oxygen atoms in total. The number of rotatable bonds is 5. The molecule has 0 bridgehead atoms. The Morgan fingerprint density at radius 1 is 1.08 bits per heavy atom. The first-order chi connectivity index (χ1) is 12.5. The van der Waals surface area contributed by atoms with Gasteiger partial charge in [-0.3, -0.25) is 0 Å². The molecule has 1 fully saturated rings. The maximum Gasteiger partial charge on any atom is 0.338 e. The van der Waals surface area contributed by atoms with Crippen molar-refractivity contribution < 1.29 is 17.9 Å². The Balaban J connectivity index is 1.68. The molecule has 0 unspecified atom stereocenters. The summed E-state index contributed by atoms with van der Waals surface area (Å²) in [5, 5.41) is 0. The average molecular weight is 373 g/mol. The molecule has 3 rings (SSSR count). The molecule has 138 valence electrons. The van der Waals surface area contributed by atoms with Crippen LogP contribution in [0.2, 0.25) is 0 Å². The standard InChI is InChI=1S/C20H23NO4S/c1-16-7-5-6-14-21(16)26(23,24)19-12-10-18(11-13-19)20(22)25-15-17-8-3-2-4-9-17/h2-4,8-13,16H,5-7,14-15H2,1H3/t16-/m0/s1. The molecule has 26 heavy (non-hydrogen) atoms. The lowest BCUT2D eigenvalue weighted by Crippen LogP contribution is -2.41. The topological polar surface area (TPSA) is 63.7 Å². The molecule has 0 aromatic heterocycles. The second-order valence-electron chi connectivity index (χ2n) is 6.55. The van der Waals surface area contributed by atoms with Crippen molar-refractivity contribution >= 4 is 16.0 Å². The first kappa shape index (κ1) is 18.6. The van der Waals surface area contributed by atoms with E-state index in [1.807, 2.05) is 37.3 Å². The van der Waals surface area contributed by atoms with Gasteiger partial charge in [-0.05, 0) is 49.6 Å². The predicted molar refractivity (Wildman–Crippen MR) is 99.2 cm³/mol. The van der Waals surface area contributed by atoms with E-state index in [9.17, 15) is 13.2 Å². The van der Waals surface area contributed by atoms with Gasteiger partial charge in [-0.2, -0.15) is 4.31 Å². The number of esters is 1. The van der Waals surface area contributed by atoms with Crippen molar-refractivity contribution in [2.24, 2.45) is 0 Å². The van der Waals surface area contributed by atoms with E-state index in [2.05, 4.69) is 0 Å². The summed E-state index contributed by atoms with van der Waals surface area (Å²) in [5.41, 5.74) is 1.24. The minimum Gasteiger partial charge on any atom is -0.457 e. The minimum atomic E-state index is -3.53. The van der Waals surface area contributed by atoms with Crippen LogP contribution in [0.5, 0.6) is 0 Å². The van der Waals surface area contributed by atoms with Crippen LogP contribution < -0.4 is 0 Å². The lowest BCUT2D eigenvalue weighted by Gasteiger charge is -2.32. The molecule has 0 spiro atoms. The number of carbonyl (C=O) groups is 1. The zero-order valence-corrected chi connectivity index (χ0v) is 15.6. The molecular formula is C20H23NO4S. The molecule has 0 aliphatic carbocycles.